The molecule has 0 saturated carbocycles. The third-order valence-corrected chi connectivity index (χ3v) is 4.74. The molecule has 1 aliphatic heterocycles. The minimum atomic E-state index is -0.0903. The van der Waals surface area contributed by atoms with Gasteiger partial charge in [0.15, 0.2) is 0 Å². The lowest BCUT2D eigenvalue weighted by Crippen LogP contribution is -2.41. The van der Waals surface area contributed by atoms with Crippen molar-refractivity contribution in [1.29, 1.82) is 0 Å². The number of nitrogens with zero attached hydrogens (tertiary/aromatic N) is 3. The zero-order valence-electron chi connectivity index (χ0n) is 14.3. The lowest BCUT2D eigenvalue weighted by Gasteiger charge is -2.32. The number of amides is 1. The van der Waals surface area contributed by atoms with Crippen LogP contribution in [0.25, 0.3) is 0 Å². The summed E-state index contributed by atoms with van der Waals surface area (Å²) in [4.78, 5) is 23.6. The van der Waals surface area contributed by atoms with Gasteiger partial charge in [0.1, 0.15) is 0 Å². The van der Waals surface area contributed by atoms with Gasteiger partial charge in [-0.1, -0.05) is 15.9 Å². The molecular weight excluding hydrogens is 384 g/mol. The number of piperidine rings is 1. The Morgan fingerprint density at radius 3 is 2.80 bits per heavy atom. The van der Waals surface area contributed by atoms with E-state index in [9.17, 15) is 4.79 Å². The van der Waals surface area contributed by atoms with Gasteiger partial charge in [-0.3, -0.25) is 4.79 Å². The number of hydrogen-bond donors (Lipinski definition) is 1. The molecule has 0 unspecified atom stereocenters. The van der Waals surface area contributed by atoms with Gasteiger partial charge in [-0.05, 0) is 44.0 Å². The quantitative estimate of drug-likeness (QED) is 0.845. The molecule has 6 nitrogen and oxygen atoms in total. The number of benzene rings is 1. The van der Waals surface area contributed by atoms with Crippen LogP contribution in [0.15, 0.2) is 34.8 Å². The van der Waals surface area contributed by atoms with Gasteiger partial charge < -0.3 is 15.0 Å². The van der Waals surface area contributed by atoms with Gasteiger partial charge in [0.25, 0.3) is 0 Å². The summed E-state index contributed by atoms with van der Waals surface area (Å²) in [6.07, 6.45) is 1.79. The van der Waals surface area contributed by atoms with Crippen LogP contribution >= 0.6 is 15.9 Å². The molecule has 1 N–H and O–H groups in total. The highest BCUT2D eigenvalue weighted by molar-refractivity contribution is 9.10. The van der Waals surface area contributed by atoms with Crippen molar-refractivity contribution in [3.05, 3.63) is 40.5 Å². The number of nitrogens with one attached hydrogen (secondary N) is 1. The van der Waals surface area contributed by atoms with Crippen LogP contribution in [0, 0.1) is 12.8 Å². The fraction of sp³-hybridized carbons (Fsp3) is 0.389. The van der Waals surface area contributed by atoms with Crippen LogP contribution in [0.5, 0.6) is 5.88 Å². The Bertz CT molecular complexity index is 751. The second-order valence-corrected chi connectivity index (χ2v) is 7.05. The molecular formula is C18H21BrN4O2. The van der Waals surface area contributed by atoms with Crippen LogP contribution in [0.4, 0.5) is 11.6 Å². The summed E-state index contributed by atoms with van der Waals surface area (Å²) in [5.74, 6) is 1.11. The molecule has 2 heterocycles. The van der Waals surface area contributed by atoms with E-state index >= 15 is 0 Å². The van der Waals surface area contributed by atoms with E-state index in [-0.39, 0.29) is 11.8 Å². The summed E-state index contributed by atoms with van der Waals surface area (Å²) in [6, 6.07) is 9.39. The number of aromatic nitrogens is 2. The third-order valence-electron chi connectivity index (χ3n) is 4.21. The largest absolute Gasteiger partial charge is 0.481 e. The standard InChI is InChI=1S/C18H21BrN4O2/c1-12-10-16(25-2)22-18(20-12)23-9-3-4-13(11-23)17(24)21-15-7-5-14(19)6-8-15/h5-8,10,13H,3-4,9,11H2,1-2H3,(H,21,24)/t13-/m1/s1. The van der Waals surface area contributed by atoms with E-state index in [2.05, 4.69) is 36.1 Å². The fourth-order valence-electron chi connectivity index (χ4n) is 2.92. The van der Waals surface area contributed by atoms with Crippen molar-refractivity contribution in [2.75, 3.05) is 30.4 Å². The molecule has 0 aliphatic carbocycles. The van der Waals surface area contributed by atoms with E-state index in [1.54, 1.807) is 13.2 Å². The fourth-order valence-corrected chi connectivity index (χ4v) is 3.19. The molecule has 1 aliphatic rings. The number of carbonyl (C=O) groups excluding carboxylic acids is 1. The zero-order valence-corrected chi connectivity index (χ0v) is 15.9. The van der Waals surface area contributed by atoms with Crippen molar-refractivity contribution < 1.29 is 9.53 Å². The summed E-state index contributed by atoms with van der Waals surface area (Å²) in [6.45, 7) is 3.36. The SMILES string of the molecule is COc1cc(C)nc(N2CCC[C@@H](C(=O)Nc3ccc(Br)cc3)C2)n1. The normalized spacial score (nSPS) is 17.2. The Morgan fingerprint density at radius 1 is 1.32 bits per heavy atom. The molecule has 1 atom stereocenters. The van der Waals surface area contributed by atoms with Gasteiger partial charge >= 0.3 is 0 Å². The lowest BCUT2D eigenvalue weighted by atomic mass is 9.97. The van der Waals surface area contributed by atoms with E-state index in [0.717, 1.165) is 35.2 Å². The molecule has 1 saturated heterocycles. The summed E-state index contributed by atoms with van der Waals surface area (Å²) in [5, 5.41) is 2.99. The Balaban J connectivity index is 1.69. The Labute approximate surface area is 155 Å². The number of hydrogen-bond acceptors (Lipinski definition) is 5. The molecule has 1 aromatic carbocycles. The third kappa shape index (κ3) is 4.48. The van der Waals surface area contributed by atoms with Crippen LogP contribution in [-0.4, -0.2) is 36.1 Å². The minimum Gasteiger partial charge on any atom is -0.481 e. The van der Waals surface area contributed by atoms with Crippen molar-refractivity contribution in [3.8, 4) is 5.88 Å². The minimum absolute atomic E-state index is 0.0339. The number of carbonyl (C=O) groups is 1. The van der Waals surface area contributed by atoms with E-state index in [1.165, 1.54) is 0 Å². The first-order valence-electron chi connectivity index (χ1n) is 8.26. The van der Waals surface area contributed by atoms with Gasteiger partial charge in [0.05, 0.1) is 13.0 Å². The summed E-state index contributed by atoms with van der Waals surface area (Å²) in [5.41, 5.74) is 1.65. The molecule has 2 aromatic rings. The van der Waals surface area contributed by atoms with Crippen molar-refractivity contribution in [2.24, 2.45) is 5.92 Å². The molecule has 7 heteroatoms. The molecule has 25 heavy (non-hydrogen) atoms. The molecule has 1 aromatic heterocycles. The first kappa shape index (κ1) is 17.7. The van der Waals surface area contributed by atoms with Crippen molar-refractivity contribution in [1.82, 2.24) is 9.97 Å². The number of anilines is 2. The van der Waals surface area contributed by atoms with Crippen molar-refractivity contribution in [2.45, 2.75) is 19.8 Å². The summed E-state index contributed by atoms with van der Waals surface area (Å²) in [7, 11) is 1.59. The first-order valence-corrected chi connectivity index (χ1v) is 9.05. The van der Waals surface area contributed by atoms with Crippen molar-refractivity contribution >= 4 is 33.5 Å². The molecule has 3 rings (SSSR count). The smallest absolute Gasteiger partial charge is 0.229 e. The molecule has 1 fully saturated rings. The molecule has 0 radical (unpaired) electrons. The zero-order chi connectivity index (χ0) is 17.8. The topological polar surface area (TPSA) is 67.3 Å². The summed E-state index contributed by atoms with van der Waals surface area (Å²) < 4.78 is 6.21. The highest BCUT2D eigenvalue weighted by Crippen LogP contribution is 2.24. The number of ether oxygens (including phenoxy) is 1. The van der Waals surface area contributed by atoms with Gasteiger partial charge in [-0.15, -0.1) is 0 Å². The Kier molecular flexibility index (Phi) is 5.53. The number of methoxy groups -OCH3 is 1. The highest BCUT2D eigenvalue weighted by atomic mass is 79.9. The summed E-state index contributed by atoms with van der Waals surface area (Å²) >= 11 is 3.40. The molecule has 1 amide bonds. The second kappa shape index (κ2) is 7.82. The van der Waals surface area contributed by atoms with Crippen molar-refractivity contribution in [3.63, 3.8) is 0 Å². The maximum atomic E-state index is 12.6. The van der Waals surface area contributed by atoms with Gasteiger partial charge in [0.2, 0.25) is 17.7 Å². The first-order chi connectivity index (χ1) is 12.0. The average Bonchev–Trinajstić information content (AvgIpc) is 2.63. The van der Waals surface area contributed by atoms with Crippen LogP contribution in [-0.2, 0) is 4.79 Å². The van der Waals surface area contributed by atoms with Gasteiger partial charge in [0, 0.05) is 35.0 Å². The van der Waals surface area contributed by atoms with Crippen LogP contribution in [0.3, 0.4) is 0 Å². The monoisotopic (exact) mass is 404 g/mol. The van der Waals surface area contributed by atoms with Gasteiger partial charge in [-0.25, -0.2) is 4.98 Å². The molecule has 132 valence electrons. The van der Waals surface area contributed by atoms with E-state index in [0.29, 0.717) is 18.4 Å². The average molecular weight is 405 g/mol. The Hall–Kier alpha value is -2.15. The van der Waals surface area contributed by atoms with Crippen LogP contribution in [0.2, 0.25) is 0 Å². The highest BCUT2D eigenvalue weighted by Gasteiger charge is 2.27. The van der Waals surface area contributed by atoms with E-state index < -0.39 is 0 Å². The number of halogens is 1. The molecule has 0 spiro atoms. The predicted molar refractivity (Wildman–Crippen MR) is 101 cm³/mol. The number of aryl methyl sites for hydroxylation is 1. The predicted octanol–water partition coefficient (Wildman–Crippen LogP) is 3.41. The van der Waals surface area contributed by atoms with Crippen LogP contribution in [0.1, 0.15) is 18.5 Å². The number of rotatable bonds is 4. The molecule has 0 bridgehead atoms. The lowest BCUT2D eigenvalue weighted by molar-refractivity contribution is -0.120. The van der Waals surface area contributed by atoms with E-state index in [1.807, 2.05) is 31.2 Å². The second-order valence-electron chi connectivity index (χ2n) is 6.13. The Morgan fingerprint density at radius 2 is 2.08 bits per heavy atom. The van der Waals surface area contributed by atoms with Crippen LogP contribution < -0.4 is 15.0 Å². The van der Waals surface area contributed by atoms with E-state index in [4.69, 9.17) is 4.74 Å². The van der Waals surface area contributed by atoms with Gasteiger partial charge in [-0.2, -0.15) is 4.98 Å². The maximum Gasteiger partial charge on any atom is 0.229 e. The maximum absolute atomic E-state index is 12.6.